The van der Waals surface area contributed by atoms with E-state index in [2.05, 4.69) is 99.0 Å². The molecule has 2 heteroatoms. The highest BCUT2D eigenvalue weighted by Crippen LogP contribution is 2.42. The van der Waals surface area contributed by atoms with Crippen molar-refractivity contribution in [3.05, 3.63) is 71.3 Å². The van der Waals surface area contributed by atoms with Gasteiger partial charge in [-0.1, -0.05) is 75.4 Å². The molecule has 128 valence electrons. The Morgan fingerprint density at radius 2 is 1.54 bits per heavy atom. The van der Waals surface area contributed by atoms with E-state index in [9.17, 15) is 0 Å². The SMILES string of the molecule is C[C@H]([C@@H](SC(C)(C)C)c1ccccc1)N1CCc2ccccc2C1. The van der Waals surface area contributed by atoms with E-state index in [1.807, 2.05) is 0 Å². The smallest absolute Gasteiger partial charge is 0.0455 e. The summed E-state index contributed by atoms with van der Waals surface area (Å²) in [6, 6.07) is 20.5. The van der Waals surface area contributed by atoms with E-state index in [-0.39, 0.29) is 4.75 Å². The molecule has 0 fully saturated rings. The van der Waals surface area contributed by atoms with E-state index in [4.69, 9.17) is 0 Å². The summed E-state index contributed by atoms with van der Waals surface area (Å²) in [5.41, 5.74) is 4.48. The van der Waals surface area contributed by atoms with Gasteiger partial charge in [0.1, 0.15) is 0 Å². The summed E-state index contributed by atoms with van der Waals surface area (Å²) in [6.07, 6.45) is 1.17. The van der Waals surface area contributed by atoms with Crippen LogP contribution in [0.2, 0.25) is 0 Å². The maximum Gasteiger partial charge on any atom is 0.0455 e. The standard InChI is InChI=1S/C22H29NS/c1-17(23-15-14-18-10-8-9-13-20(18)16-23)21(24-22(2,3)4)19-11-6-5-7-12-19/h5-13,17,21H,14-16H2,1-4H3/t17-,21-/m1/s1. The van der Waals surface area contributed by atoms with Crippen LogP contribution in [0.25, 0.3) is 0 Å². The summed E-state index contributed by atoms with van der Waals surface area (Å²) < 4.78 is 0.252. The van der Waals surface area contributed by atoms with Gasteiger partial charge in [-0.15, -0.1) is 11.8 Å². The predicted molar refractivity (Wildman–Crippen MR) is 107 cm³/mol. The molecule has 2 aromatic rings. The van der Waals surface area contributed by atoms with Gasteiger partial charge in [0.15, 0.2) is 0 Å². The molecule has 1 aliphatic heterocycles. The molecule has 0 aliphatic carbocycles. The van der Waals surface area contributed by atoms with E-state index in [0.717, 1.165) is 13.1 Å². The lowest BCUT2D eigenvalue weighted by molar-refractivity contribution is 0.187. The Morgan fingerprint density at radius 3 is 2.21 bits per heavy atom. The van der Waals surface area contributed by atoms with Gasteiger partial charge in [-0.05, 0) is 30.0 Å². The van der Waals surface area contributed by atoms with Gasteiger partial charge in [0.05, 0.1) is 0 Å². The fourth-order valence-electron chi connectivity index (χ4n) is 3.53. The van der Waals surface area contributed by atoms with Gasteiger partial charge >= 0.3 is 0 Å². The quantitative estimate of drug-likeness (QED) is 0.702. The van der Waals surface area contributed by atoms with Crippen LogP contribution in [0.15, 0.2) is 54.6 Å². The first-order chi connectivity index (χ1) is 11.4. The average molecular weight is 340 g/mol. The number of hydrogen-bond acceptors (Lipinski definition) is 2. The van der Waals surface area contributed by atoms with Gasteiger partial charge in [-0.2, -0.15) is 0 Å². The van der Waals surface area contributed by atoms with Crippen molar-refractivity contribution in [2.75, 3.05) is 6.54 Å². The second kappa shape index (κ2) is 7.33. The van der Waals surface area contributed by atoms with Crippen LogP contribution < -0.4 is 0 Å². The van der Waals surface area contributed by atoms with Crippen LogP contribution in [0, 0.1) is 0 Å². The molecule has 0 unspecified atom stereocenters. The first kappa shape index (κ1) is 17.6. The zero-order valence-corrected chi connectivity index (χ0v) is 16.1. The molecule has 1 aliphatic rings. The fourth-order valence-corrected chi connectivity index (χ4v) is 4.95. The minimum Gasteiger partial charge on any atom is -0.295 e. The Hall–Kier alpha value is -1.25. The Labute approximate surface area is 151 Å². The summed E-state index contributed by atoms with van der Waals surface area (Å²) in [5.74, 6) is 0. The number of rotatable bonds is 4. The first-order valence-electron chi connectivity index (χ1n) is 8.97. The zero-order valence-electron chi connectivity index (χ0n) is 15.3. The molecular formula is C22H29NS. The summed E-state index contributed by atoms with van der Waals surface area (Å²) >= 11 is 2.10. The van der Waals surface area contributed by atoms with Crippen molar-refractivity contribution >= 4 is 11.8 Å². The van der Waals surface area contributed by atoms with Crippen LogP contribution in [-0.4, -0.2) is 22.2 Å². The average Bonchev–Trinajstić information content (AvgIpc) is 2.58. The van der Waals surface area contributed by atoms with Gasteiger partial charge in [0.25, 0.3) is 0 Å². The van der Waals surface area contributed by atoms with Crippen LogP contribution in [0.1, 0.15) is 49.6 Å². The highest BCUT2D eigenvalue weighted by molar-refractivity contribution is 8.00. The highest BCUT2D eigenvalue weighted by Gasteiger charge is 2.31. The molecule has 0 saturated heterocycles. The Bertz CT molecular complexity index is 659. The van der Waals surface area contributed by atoms with Crippen molar-refractivity contribution < 1.29 is 0 Å². The Morgan fingerprint density at radius 1 is 0.917 bits per heavy atom. The third-order valence-electron chi connectivity index (χ3n) is 4.78. The fraction of sp³-hybridized carbons (Fsp3) is 0.455. The third-order valence-corrected chi connectivity index (χ3v) is 6.41. The molecule has 0 saturated carbocycles. The Balaban J connectivity index is 1.83. The molecule has 3 rings (SSSR count). The van der Waals surface area contributed by atoms with Crippen LogP contribution in [0.3, 0.4) is 0 Å². The van der Waals surface area contributed by atoms with E-state index >= 15 is 0 Å². The van der Waals surface area contributed by atoms with Gasteiger partial charge in [-0.3, -0.25) is 4.90 Å². The third kappa shape index (κ3) is 4.23. The second-order valence-corrected chi connectivity index (χ2v) is 9.76. The molecule has 1 heterocycles. The lowest BCUT2D eigenvalue weighted by Crippen LogP contribution is -2.41. The zero-order chi connectivity index (χ0) is 17.2. The van der Waals surface area contributed by atoms with Gasteiger partial charge in [-0.25, -0.2) is 0 Å². The van der Waals surface area contributed by atoms with E-state index in [1.165, 1.54) is 23.1 Å². The molecule has 0 radical (unpaired) electrons. The lowest BCUT2D eigenvalue weighted by Gasteiger charge is -2.40. The van der Waals surface area contributed by atoms with Crippen molar-refractivity contribution in [2.24, 2.45) is 0 Å². The molecule has 2 aromatic carbocycles. The minimum atomic E-state index is 0.252. The number of thioether (sulfide) groups is 1. The van der Waals surface area contributed by atoms with Crippen molar-refractivity contribution in [1.29, 1.82) is 0 Å². The minimum absolute atomic E-state index is 0.252. The summed E-state index contributed by atoms with van der Waals surface area (Å²) in [5, 5.41) is 0.497. The topological polar surface area (TPSA) is 3.24 Å². The first-order valence-corrected chi connectivity index (χ1v) is 9.85. The summed E-state index contributed by atoms with van der Waals surface area (Å²) in [7, 11) is 0. The normalized spacial score (nSPS) is 18.0. The Kier molecular flexibility index (Phi) is 5.36. The number of benzene rings is 2. The highest BCUT2D eigenvalue weighted by atomic mass is 32.2. The van der Waals surface area contributed by atoms with Crippen molar-refractivity contribution in [3.8, 4) is 0 Å². The largest absolute Gasteiger partial charge is 0.295 e. The molecule has 0 amide bonds. The summed E-state index contributed by atoms with van der Waals surface area (Å²) in [4.78, 5) is 2.67. The van der Waals surface area contributed by atoms with Crippen molar-refractivity contribution in [3.63, 3.8) is 0 Å². The molecule has 2 atom stereocenters. The van der Waals surface area contributed by atoms with Crippen molar-refractivity contribution in [2.45, 2.75) is 56.7 Å². The van der Waals surface area contributed by atoms with Gasteiger partial charge in [0, 0.05) is 29.1 Å². The second-order valence-electron chi connectivity index (χ2n) is 7.79. The number of nitrogens with zero attached hydrogens (tertiary/aromatic N) is 1. The van der Waals surface area contributed by atoms with E-state index in [1.54, 1.807) is 0 Å². The molecule has 1 nitrogen and oxygen atoms in total. The van der Waals surface area contributed by atoms with Crippen LogP contribution in [-0.2, 0) is 13.0 Å². The lowest BCUT2D eigenvalue weighted by atomic mass is 9.97. The van der Waals surface area contributed by atoms with E-state index in [0.29, 0.717) is 11.3 Å². The van der Waals surface area contributed by atoms with E-state index < -0.39 is 0 Å². The van der Waals surface area contributed by atoms with Gasteiger partial charge < -0.3 is 0 Å². The molecule has 0 bridgehead atoms. The van der Waals surface area contributed by atoms with Crippen LogP contribution >= 0.6 is 11.8 Å². The molecule has 24 heavy (non-hydrogen) atoms. The number of hydrogen-bond donors (Lipinski definition) is 0. The van der Waals surface area contributed by atoms with Gasteiger partial charge in [0.2, 0.25) is 0 Å². The van der Waals surface area contributed by atoms with Crippen LogP contribution in [0.5, 0.6) is 0 Å². The monoisotopic (exact) mass is 339 g/mol. The van der Waals surface area contributed by atoms with Crippen LogP contribution in [0.4, 0.5) is 0 Å². The molecule has 0 aromatic heterocycles. The van der Waals surface area contributed by atoms with Crippen molar-refractivity contribution in [1.82, 2.24) is 4.90 Å². The summed E-state index contributed by atoms with van der Waals surface area (Å²) in [6.45, 7) is 11.6. The predicted octanol–water partition coefficient (Wildman–Crippen LogP) is 5.71. The maximum absolute atomic E-state index is 2.67. The molecule has 0 spiro atoms. The maximum atomic E-state index is 2.67. The molecule has 0 N–H and O–H groups in total. The number of fused-ring (bicyclic) bond motifs is 1. The molecular weight excluding hydrogens is 310 g/mol.